The lowest BCUT2D eigenvalue weighted by Gasteiger charge is -2.02. The van der Waals surface area contributed by atoms with Gasteiger partial charge in [0.2, 0.25) is 0 Å². The van der Waals surface area contributed by atoms with E-state index in [4.69, 9.17) is 4.55 Å². The highest BCUT2D eigenvalue weighted by Crippen LogP contribution is 2.15. The lowest BCUT2D eigenvalue weighted by molar-refractivity contribution is 0.475. The van der Waals surface area contributed by atoms with Gasteiger partial charge in [-0.25, -0.2) is 0 Å². The Kier molecular flexibility index (Phi) is 4.10. The number of rotatable bonds is 5. The normalized spacial score (nSPS) is 11.7. The molecule has 108 valence electrons. The number of nitrogens with one attached hydrogen (secondary N) is 1. The summed E-state index contributed by atoms with van der Waals surface area (Å²) in [4.78, 5) is 11.8. The summed E-state index contributed by atoms with van der Waals surface area (Å²) in [5, 5.41) is 2.93. The summed E-state index contributed by atoms with van der Waals surface area (Å²) >= 11 is 0. The Morgan fingerprint density at radius 2 is 1.90 bits per heavy atom. The highest BCUT2D eigenvalue weighted by molar-refractivity contribution is 7.85. The first-order valence-electron chi connectivity index (χ1n) is 6.17. The average Bonchev–Trinajstić information content (AvgIpc) is 2.70. The van der Waals surface area contributed by atoms with Crippen LogP contribution in [-0.2, 0) is 16.7 Å². The number of aromatic nitrogens is 2. The van der Waals surface area contributed by atoms with Crippen molar-refractivity contribution in [2.75, 3.05) is 5.75 Å². The molecule has 0 spiro atoms. The molecular weight excluding hydrogens is 280 g/mol. The van der Waals surface area contributed by atoms with Crippen LogP contribution in [0.15, 0.2) is 35.1 Å². The minimum absolute atomic E-state index is 0.173. The summed E-state index contributed by atoms with van der Waals surface area (Å²) in [6, 6.07) is 9.18. The van der Waals surface area contributed by atoms with Crippen LogP contribution in [0.1, 0.15) is 12.0 Å². The van der Waals surface area contributed by atoms with Crippen LogP contribution < -0.4 is 5.56 Å². The molecule has 0 aliphatic carbocycles. The number of hydrogen-bond acceptors (Lipinski definition) is 3. The third kappa shape index (κ3) is 3.82. The van der Waals surface area contributed by atoms with Gasteiger partial charge in [-0.05, 0) is 18.9 Å². The standard InChI is InChI=1S/C13H16N2O4S/c1-10-3-5-11(6-4-10)12-9-13(16)15(14-12)7-2-8-20(17,18)19/h3-6,9,14H,2,7-8H2,1H3,(H,17,18,19). The average molecular weight is 296 g/mol. The van der Waals surface area contributed by atoms with Crippen molar-refractivity contribution in [2.45, 2.75) is 19.9 Å². The Bertz CT molecular complexity index is 741. The zero-order chi connectivity index (χ0) is 14.8. The molecule has 0 aliphatic rings. The fourth-order valence-corrected chi connectivity index (χ4v) is 2.38. The molecule has 2 aromatic rings. The number of H-pyrrole nitrogens is 1. The zero-order valence-electron chi connectivity index (χ0n) is 11.0. The van der Waals surface area contributed by atoms with Crippen molar-refractivity contribution >= 4 is 10.1 Å². The Morgan fingerprint density at radius 3 is 2.50 bits per heavy atom. The van der Waals surface area contributed by atoms with Gasteiger partial charge in [0.1, 0.15) is 0 Å². The van der Waals surface area contributed by atoms with Crippen molar-refractivity contribution in [3.8, 4) is 11.3 Å². The van der Waals surface area contributed by atoms with Crippen LogP contribution in [0, 0.1) is 6.92 Å². The summed E-state index contributed by atoms with van der Waals surface area (Å²) in [6.45, 7) is 2.19. The van der Waals surface area contributed by atoms with E-state index < -0.39 is 10.1 Å². The maximum Gasteiger partial charge on any atom is 0.267 e. The molecule has 20 heavy (non-hydrogen) atoms. The lowest BCUT2D eigenvalue weighted by Crippen LogP contribution is -2.18. The van der Waals surface area contributed by atoms with E-state index in [-0.39, 0.29) is 24.3 Å². The van der Waals surface area contributed by atoms with Crippen molar-refractivity contribution in [1.29, 1.82) is 0 Å². The van der Waals surface area contributed by atoms with Crippen LogP contribution in [-0.4, -0.2) is 28.5 Å². The van der Waals surface area contributed by atoms with Crippen LogP contribution in [0.4, 0.5) is 0 Å². The topological polar surface area (TPSA) is 92.2 Å². The smallest absolute Gasteiger partial charge is 0.267 e. The van der Waals surface area contributed by atoms with Gasteiger partial charge < -0.3 is 0 Å². The van der Waals surface area contributed by atoms with Crippen LogP contribution in [0.25, 0.3) is 11.3 Å². The second-order valence-electron chi connectivity index (χ2n) is 4.67. The van der Waals surface area contributed by atoms with E-state index >= 15 is 0 Å². The minimum Gasteiger partial charge on any atom is -0.295 e. The van der Waals surface area contributed by atoms with E-state index in [1.807, 2.05) is 31.2 Å². The van der Waals surface area contributed by atoms with Crippen LogP contribution in [0.5, 0.6) is 0 Å². The molecule has 0 fully saturated rings. The van der Waals surface area contributed by atoms with Gasteiger partial charge in [-0.3, -0.25) is 19.1 Å². The van der Waals surface area contributed by atoms with Gasteiger partial charge in [-0.2, -0.15) is 8.42 Å². The first-order valence-corrected chi connectivity index (χ1v) is 7.78. The van der Waals surface area contributed by atoms with E-state index in [2.05, 4.69) is 5.10 Å². The maximum absolute atomic E-state index is 11.8. The molecular formula is C13H16N2O4S. The Hall–Kier alpha value is -1.86. The number of aryl methyl sites for hydroxylation is 2. The molecule has 1 aromatic carbocycles. The quantitative estimate of drug-likeness (QED) is 0.816. The summed E-state index contributed by atoms with van der Waals surface area (Å²) < 4.78 is 31.2. The highest BCUT2D eigenvalue weighted by Gasteiger charge is 2.08. The molecule has 1 aromatic heterocycles. The second kappa shape index (κ2) is 5.64. The molecule has 0 amide bonds. The van der Waals surface area contributed by atoms with Gasteiger partial charge in [0.15, 0.2) is 0 Å². The van der Waals surface area contributed by atoms with Gasteiger partial charge in [0, 0.05) is 12.6 Å². The highest BCUT2D eigenvalue weighted by atomic mass is 32.2. The SMILES string of the molecule is Cc1ccc(-c2cc(=O)n(CCCS(=O)(=O)O)[nH]2)cc1. The summed E-state index contributed by atoms with van der Waals surface area (Å²) in [6.07, 6.45) is 0.173. The first kappa shape index (κ1) is 14.5. The number of aromatic amines is 1. The van der Waals surface area contributed by atoms with Gasteiger partial charge >= 0.3 is 0 Å². The lowest BCUT2D eigenvalue weighted by atomic mass is 10.1. The summed E-state index contributed by atoms with van der Waals surface area (Å²) in [5.74, 6) is -0.363. The van der Waals surface area contributed by atoms with E-state index in [1.54, 1.807) is 0 Å². The first-order chi connectivity index (χ1) is 9.35. The van der Waals surface area contributed by atoms with E-state index in [9.17, 15) is 13.2 Å². The predicted molar refractivity (Wildman–Crippen MR) is 76.3 cm³/mol. The minimum atomic E-state index is -3.99. The third-order valence-corrected chi connectivity index (χ3v) is 3.74. The van der Waals surface area contributed by atoms with Crippen LogP contribution in [0.2, 0.25) is 0 Å². The zero-order valence-corrected chi connectivity index (χ0v) is 11.9. The molecule has 0 atom stereocenters. The molecule has 0 saturated carbocycles. The summed E-state index contributed by atoms with van der Waals surface area (Å²) in [5.41, 5.74) is 2.47. The van der Waals surface area contributed by atoms with Gasteiger partial charge in [0.05, 0.1) is 11.4 Å². The molecule has 7 heteroatoms. The van der Waals surface area contributed by atoms with Gasteiger partial charge in [-0.1, -0.05) is 29.8 Å². The number of benzene rings is 1. The van der Waals surface area contributed by atoms with E-state index in [0.29, 0.717) is 5.69 Å². The van der Waals surface area contributed by atoms with Crippen LogP contribution in [0.3, 0.4) is 0 Å². The molecule has 6 nitrogen and oxygen atoms in total. The second-order valence-corrected chi connectivity index (χ2v) is 6.24. The Balaban J connectivity index is 2.13. The molecule has 2 rings (SSSR count). The third-order valence-electron chi connectivity index (χ3n) is 2.94. The van der Waals surface area contributed by atoms with Gasteiger partial charge in [-0.15, -0.1) is 0 Å². The maximum atomic E-state index is 11.8. The molecule has 0 bridgehead atoms. The molecule has 2 N–H and O–H groups in total. The Labute approximate surface area is 116 Å². The molecule has 0 aliphatic heterocycles. The van der Waals surface area contributed by atoms with Crippen molar-refractivity contribution in [3.63, 3.8) is 0 Å². The van der Waals surface area contributed by atoms with Crippen LogP contribution >= 0.6 is 0 Å². The van der Waals surface area contributed by atoms with Crippen molar-refractivity contribution < 1.29 is 13.0 Å². The fourth-order valence-electron chi connectivity index (χ4n) is 1.89. The van der Waals surface area contributed by atoms with E-state index in [0.717, 1.165) is 11.1 Å². The molecule has 0 saturated heterocycles. The monoisotopic (exact) mass is 296 g/mol. The van der Waals surface area contributed by atoms with Crippen molar-refractivity contribution in [1.82, 2.24) is 9.78 Å². The molecule has 0 unspecified atom stereocenters. The Morgan fingerprint density at radius 1 is 1.25 bits per heavy atom. The number of hydrogen-bond donors (Lipinski definition) is 2. The van der Waals surface area contributed by atoms with Gasteiger partial charge in [0.25, 0.3) is 15.7 Å². The summed E-state index contributed by atoms with van der Waals surface area (Å²) in [7, 11) is -3.99. The fraction of sp³-hybridized carbons (Fsp3) is 0.308. The molecule has 1 heterocycles. The largest absolute Gasteiger partial charge is 0.295 e. The molecule has 0 radical (unpaired) electrons. The van der Waals surface area contributed by atoms with Crippen molar-refractivity contribution in [3.05, 3.63) is 46.2 Å². The van der Waals surface area contributed by atoms with Crippen molar-refractivity contribution in [2.24, 2.45) is 0 Å². The van der Waals surface area contributed by atoms with E-state index in [1.165, 1.54) is 10.7 Å². The number of nitrogens with zero attached hydrogens (tertiary/aromatic N) is 1. The predicted octanol–water partition coefficient (Wildman–Crippen LogP) is 1.43.